The van der Waals surface area contributed by atoms with Gasteiger partial charge in [0.05, 0.1) is 11.5 Å². The zero-order valence-corrected chi connectivity index (χ0v) is 20.3. The van der Waals surface area contributed by atoms with Gasteiger partial charge < -0.3 is 19.1 Å². The molecule has 1 saturated heterocycles. The predicted octanol–water partition coefficient (Wildman–Crippen LogP) is 1.85. The van der Waals surface area contributed by atoms with Crippen molar-refractivity contribution in [3.8, 4) is 11.5 Å². The fraction of sp³-hybridized carbons (Fsp3) is 0.400. The van der Waals surface area contributed by atoms with Gasteiger partial charge in [-0.05, 0) is 30.2 Å². The smallest absolute Gasteiger partial charge is 0.321 e. The first-order valence-electron chi connectivity index (χ1n) is 12.1. The molecule has 0 radical (unpaired) electrons. The van der Waals surface area contributed by atoms with Crippen molar-refractivity contribution < 1.29 is 28.7 Å². The molecule has 3 aliphatic heterocycles. The van der Waals surface area contributed by atoms with Crippen LogP contribution in [0, 0.1) is 16.0 Å². The van der Waals surface area contributed by atoms with Crippen LogP contribution in [0.2, 0.25) is 0 Å². The highest BCUT2D eigenvalue weighted by Crippen LogP contribution is 2.34. The summed E-state index contributed by atoms with van der Waals surface area (Å²) in [5, 5.41) is 14.1. The van der Waals surface area contributed by atoms with Crippen molar-refractivity contribution in [2.45, 2.75) is 19.5 Å². The molecule has 5 rings (SSSR count). The maximum Gasteiger partial charge on any atom is 0.321 e. The van der Waals surface area contributed by atoms with Crippen molar-refractivity contribution in [3.05, 3.63) is 63.7 Å². The lowest BCUT2D eigenvalue weighted by molar-refractivity contribution is -0.384. The Morgan fingerprint density at radius 2 is 1.95 bits per heavy atom. The summed E-state index contributed by atoms with van der Waals surface area (Å²) >= 11 is 0. The number of guanidine groups is 1. The topological polar surface area (TPSA) is 136 Å². The zero-order chi connectivity index (χ0) is 25.9. The van der Waals surface area contributed by atoms with Crippen molar-refractivity contribution in [2.75, 3.05) is 39.6 Å². The first kappa shape index (κ1) is 24.5. The van der Waals surface area contributed by atoms with Crippen molar-refractivity contribution in [3.63, 3.8) is 0 Å². The second-order valence-electron chi connectivity index (χ2n) is 8.92. The molecule has 37 heavy (non-hydrogen) atoms. The first-order valence-corrected chi connectivity index (χ1v) is 12.1. The van der Waals surface area contributed by atoms with E-state index in [-0.39, 0.29) is 19.1 Å². The molecule has 3 heterocycles. The Labute approximate surface area is 212 Å². The number of nitro groups is 1. The molecule has 2 aromatic rings. The van der Waals surface area contributed by atoms with Gasteiger partial charge in [-0.25, -0.2) is 4.99 Å². The second-order valence-corrected chi connectivity index (χ2v) is 8.92. The monoisotopic (exact) mass is 509 g/mol. The number of carbonyl (C=O) groups is 2. The largest absolute Gasteiger partial charge is 0.465 e. The summed E-state index contributed by atoms with van der Waals surface area (Å²) in [6.45, 7) is 5.40. The van der Waals surface area contributed by atoms with Crippen LogP contribution >= 0.6 is 0 Å². The zero-order valence-electron chi connectivity index (χ0n) is 20.3. The minimum absolute atomic E-state index is 0.103. The average molecular weight is 510 g/mol. The van der Waals surface area contributed by atoms with E-state index in [1.54, 1.807) is 13.0 Å². The normalized spacial score (nSPS) is 21.3. The van der Waals surface area contributed by atoms with E-state index < -0.39 is 28.8 Å². The van der Waals surface area contributed by atoms with Gasteiger partial charge >= 0.3 is 5.97 Å². The van der Waals surface area contributed by atoms with E-state index in [0.717, 1.165) is 36.7 Å². The van der Waals surface area contributed by atoms with Gasteiger partial charge in [-0.1, -0.05) is 18.2 Å². The second kappa shape index (κ2) is 10.4. The van der Waals surface area contributed by atoms with Crippen LogP contribution in [-0.2, 0) is 20.9 Å². The Hall–Kier alpha value is -4.19. The van der Waals surface area contributed by atoms with Gasteiger partial charge in [-0.3, -0.25) is 29.9 Å². The number of non-ortho nitro benzene ring substituents is 1. The van der Waals surface area contributed by atoms with E-state index in [0.29, 0.717) is 24.6 Å². The summed E-state index contributed by atoms with van der Waals surface area (Å²) in [6, 6.07) is 10.8. The number of esters is 1. The lowest BCUT2D eigenvalue weighted by atomic mass is 9.91. The molecular formula is C25H27N5O7. The number of fused-ring (bicyclic) bond motifs is 1. The number of benzene rings is 2. The number of rotatable bonds is 6. The Morgan fingerprint density at radius 1 is 1.16 bits per heavy atom. The highest BCUT2D eigenvalue weighted by Gasteiger charge is 2.42. The number of piperazine rings is 1. The lowest BCUT2D eigenvalue weighted by Crippen LogP contribution is -2.57. The van der Waals surface area contributed by atoms with Crippen molar-refractivity contribution in [2.24, 2.45) is 10.9 Å². The van der Waals surface area contributed by atoms with Crippen LogP contribution in [-0.4, -0.2) is 72.1 Å². The maximum atomic E-state index is 13.1. The van der Waals surface area contributed by atoms with E-state index in [2.05, 4.69) is 10.2 Å². The van der Waals surface area contributed by atoms with Crippen molar-refractivity contribution in [1.82, 2.24) is 15.1 Å². The van der Waals surface area contributed by atoms with Gasteiger partial charge in [0, 0.05) is 44.9 Å². The van der Waals surface area contributed by atoms with Gasteiger partial charge in [0.15, 0.2) is 17.4 Å². The van der Waals surface area contributed by atoms with Crippen molar-refractivity contribution >= 4 is 23.5 Å². The van der Waals surface area contributed by atoms with Gasteiger partial charge in [0.1, 0.15) is 6.04 Å². The molecule has 12 nitrogen and oxygen atoms in total. The minimum atomic E-state index is -1.24. The third-order valence-electron chi connectivity index (χ3n) is 6.57. The number of carbonyl (C=O) groups excluding carboxylic acids is 2. The van der Waals surface area contributed by atoms with Gasteiger partial charge in [-0.2, -0.15) is 0 Å². The quantitative estimate of drug-likeness (QED) is 0.268. The maximum absolute atomic E-state index is 13.1. The summed E-state index contributed by atoms with van der Waals surface area (Å²) in [4.78, 5) is 45.5. The molecule has 0 aromatic heterocycles. The van der Waals surface area contributed by atoms with Gasteiger partial charge in [0.2, 0.25) is 18.7 Å². The molecule has 3 aliphatic rings. The van der Waals surface area contributed by atoms with E-state index in [1.165, 1.54) is 18.2 Å². The fourth-order valence-electron chi connectivity index (χ4n) is 4.70. The third-order valence-corrected chi connectivity index (χ3v) is 6.57. The molecule has 2 aromatic carbocycles. The fourth-order valence-corrected chi connectivity index (χ4v) is 4.70. The molecule has 12 heteroatoms. The summed E-state index contributed by atoms with van der Waals surface area (Å²) < 4.78 is 16.0. The third kappa shape index (κ3) is 5.19. The Kier molecular flexibility index (Phi) is 6.91. The summed E-state index contributed by atoms with van der Waals surface area (Å²) in [6.07, 6.45) is 0. The Balaban J connectivity index is 1.32. The molecule has 0 saturated carbocycles. The predicted molar refractivity (Wildman–Crippen MR) is 131 cm³/mol. The highest BCUT2D eigenvalue weighted by atomic mass is 16.7. The number of amides is 1. The van der Waals surface area contributed by atoms with Crippen LogP contribution in [0.15, 0.2) is 47.5 Å². The lowest BCUT2D eigenvalue weighted by Gasteiger charge is -2.39. The van der Waals surface area contributed by atoms with Crippen LogP contribution in [0.25, 0.3) is 0 Å². The molecule has 1 amide bonds. The molecule has 1 fully saturated rings. The molecular weight excluding hydrogens is 482 g/mol. The van der Waals surface area contributed by atoms with Gasteiger partial charge in [0.25, 0.3) is 5.69 Å². The van der Waals surface area contributed by atoms with E-state index in [9.17, 15) is 19.7 Å². The van der Waals surface area contributed by atoms with Crippen LogP contribution in [0.3, 0.4) is 0 Å². The summed E-state index contributed by atoms with van der Waals surface area (Å²) in [5.74, 6) is -0.642. The van der Waals surface area contributed by atoms with Crippen LogP contribution in [0.5, 0.6) is 11.5 Å². The summed E-state index contributed by atoms with van der Waals surface area (Å²) in [5.41, 5.74) is 1.38. The molecule has 0 spiro atoms. The molecule has 2 atom stereocenters. The standard InChI is InChI=1S/C25H27N5O7/c1-2-35-24(32)21-22(17-4-3-5-18(13-17)30(33)34)26-25(27-23(21)31)29-10-8-28(9-11-29)14-16-6-7-19-20(12-16)37-15-36-19/h3-7,12-13,21-22H,2,8-11,14-15H2,1H3,(H,26,27,31)/t21-,22-/m0/s1. The Morgan fingerprint density at radius 3 is 2.70 bits per heavy atom. The molecule has 0 unspecified atom stereocenters. The number of hydrogen-bond donors (Lipinski definition) is 1. The number of nitro benzene ring substituents is 1. The first-order chi connectivity index (χ1) is 17.9. The SMILES string of the molecule is CCOC(=O)[C@@H]1C(=O)NC(N2CCN(Cc3ccc4c(c3)OCO4)CC2)=N[C@H]1c1cccc([N+](=O)[O-])c1. The van der Waals surface area contributed by atoms with E-state index in [4.69, 9.17) is 19.2 Å². The Bertz CT molecular complexity index is 1240. The number of nitrogens with one attached hydrogen (secondary N) is 1. The minimum Gasteiger partial charge on any atom is -0.465 e. The highest BCUT2D eigenvalue weighted by molar-refractivity contribution is 6.08. The molecule has 194 valence electrons. The molecule has 0 bridgehead atoms. The number of nitrogens with zero attached hydrogens (tertiary/aromatic N) is 4. The van der Waals surface area contributed by atoms with E-state index >= 15 is 0 Å². The average Bonchev–Trinajstić information content (AvgIpc) is 3.37. The number of hydrogen-bond acceptors (Lipinski definition) is 10. The number of aliphatic imine (C=N–C) groups is 1. The van der Waals surface area contributed by atoms with Gasteiger partial charge in [-0.15, -0.1) is 0 Å². The van der Waals surface area contributed by atoms with Crippen LogP contribution < -0.4 is 14.8 Å². The van der Waals surface area contributed by atoms with Crippen LogP contribution in [0.4, 0.5) is 5.69 Å². The van der Waals surface area contributed by atoms with Crippen LogP contribution in [0.1, 0.15) is 24.1 Å². The van der Waals surface area contributed by atoms with Crippen molar-refractivity contribution in [1.29, 1.82) is 0 Å². The molecule has 0 aliphatic carbocycles. The summed E-state index contributed by atoms with van der Waals surface area (Å²) in [7, 11) is 0. The number of ether oxygens (including phenoxy) is 3. The molecule has 1 N–H and O–H groups in total. The van der Waals surface area contributed by atoms with E-state index in [1.807, 2.05) is 23.1 Å².